The summed E-state index contributed by atoms with van der Waals surface area (Å²) in [5.41, 5.74) is 0.677. The van der Waals surface area contributed by atoms with Crippen LogP contribution in [0.5, 0.6) is 0 Å². The highest BCUT2D eigenvalue weighted by Gasteiger charge is 2.33. The molecular formula is C13H26N2. The molecule has 0 amide bonds. The van der Waals surface area contributed by atoms with E-state index in [0.29, 0.717) is 5.41 Å². The second-order valence-electron chi connectivity index (χ2n) is 6.08. The van der Waals surface area contributed by atoms with Gasteiger partial charge in [0.25, 0.3) is 0 Å². The van der Waals surface area contributed by atoms with Crippen molar-refractivity contribution in [1.82, 2.24) is 10.2 Å². The Morgan fingerprint density at radius 2 is 2.13 bits per heavy atom. The van der Waals surface area contributed by atoms with Gasteiger partial charge in [-0.05, 0) is 39.2 Å². The van der Waals surface area contributed by atoms with E-state index in [9.17, 15) is 0 Å². The number of nitrogens with one attached hydrogen (secondary N) is 1. The number of rotatable bonds is 4. The Balaban J connectivity index is 2.61. The number of hydrogen-bond donors (Lipinski definition) is 1. The second kappa shape index (κ2) is 4.67. The van der Waals surface area contributed by atoms with Gasteiger partial charge in [0.15, 0.2) is 0 Å². The second-order valence-corrected chi connectivity index (χ2v) is 6.08. The highest BCUT2D eigenvalue weighted by atomic mass is 15.2. The van der Waals surface area contributed by atoms with E-state index in [2.05, 4.69) is 44.5 Å². The van der Waals surface area contributed by atoms with Crippen LogP contribution < -0.4 is 5.32 Å². The average Bonchev–Trinajstić information content (AvgIpc) is 2.50. The minimum atomic E-state index is 0.236. The van der Waals surface area contributed by atoms with Crippen molar-refractivity contribution in [3.05, 3.63) is 12.7 Å². The molecule has 0 saturated carbocycles. The minimum absolute atomic E-state index is 0.236. The molecule has 0 aromatic carbocycles. The Bertz CT molecular complexity index is 209. The number of nitrogens with zero attached hydrogens (tertiary/aromatic N) is 1. The maximum atomic E-state index is 3.85. The van der Waals surface area contributed by atoms with Gasteiger partial charge in [-0.25, -0.2) is 0 Å². The highest BCUT2D eigenvalue weighted by molar-refractivity contribution is 4.92. The van der Waals surface area contributed by atoms with Gasteiger partial charge in [-0.15, -0.1) is 6.58 Å². The van der Waals surface area contributed by atoms with Crippen molar-refractivity contribution in [2.24, 2.45) is 5.41 Å². The van der Waals surface area contributed by atoms with Crippen LogP contribution in [0, 0.1) is 5.41 Å². The Morgan fingerprint density at radius 1 is 1.47 bits per heavy atom. The third kappa shape index (κ3) is 3.62. The monoisotopic (exact) mass is 210 g/mol. The summed E-state index contributed by atoms with van der Waals surface area (Å²) in [7, 11) is 0. The highest BCUT2D eigenvalue weighted by Crippen LogP contribution is 2.28. The zero-order valence-electron chi connectivity index (χ0n) is 10.8. The fourth-order valence-electron chi connectivity index (χ4n) is 2.20. The van der Waals surface area contributed by atoms with Crippen molar-refractivity contribution in [2.75, 3.05) is 26.2 Å². The lowest BCUT2D eigenvalue weighted by Crippen LogP contribution is -2.47. The van der Waals surface area contributed by atoms with E-state index in [0.717, 1.165) is 19.6 Å². The first-order valence-electron chi connectivity index (χ1n) is 5.94. The molecule has 1 atom stereocenters. The third-order valence-corrected chi connectivity index (χ3v) is 3.33. The van der Waals surface area contributed by atoms with Gasteiger partial charge in [0.2, 0.25) is 0 Å². The topological polar surface area (TPSA) is 15.3 Å². The van der Waals surface area contributed by atoms with E-state index in [1.165, 1.54) is 13.0 Å². The molecule has 15 heavy (non-hydrogen) atoms. The van der Waals surface area contributed by atoms with Gasteiger partial charge in [0.1, 0.15) is 0 Å². The summed E-state index contributed by atoms with van der Waals surface area (Å²) in [5.74, 6) is 0. The van der Waals surface area contributed by atoms with Crippen LogP contribution in [-0.2, 0) is 0 Å². The SMILES string of the molecule is C=CCN(CC1(C)CCNC1)C(C)(C)C. The molecule has 0 aliphatic carbocycles. The largest absolute Gasteiger partial charge is 0.316 e. The van der Waals surface area contributed by atoms with Crippen molar-refractivity contribution in [2.45, 2.75) is 39.7 Å². The van der Waals surface area contributed by atoms with Crippen LogP contribution in [0.3, 0.4) is 0 Å². The van der Waals surface area contributed by atoms with Crippen molar-refractivity contribution in [3.63, 3.8) is 0 Å². The van der Waals surface area contributed by atoms with Crippen molar-refractivity contribution in [3.8, 4) is 0 Å². The molecule has 0 radical (unpaired) electrons. The minimum Gasteiger partial charge on any atom is -0.316 e. The molecule has 88 valence electrons. The predicted octanol–water partition coefficient (Wildman–Crippen LogP) is 2.27. The fourth-order valence-corrected chi connectivity index (χ4v) is 2.20. The van der Waals surface area contributed by atoms with Crippen molar-refractivity contribution >= 4 is 0 Å². The third-order valence-electron chi connectivity index (χ3n) is 3.33. The van der Waals surface area contributed by atoms with Crippen LogP contribution in [0.1, 0.15) is 34.1 Å². The number of hydrogen-bond acceptors (Lipinski definition) is 2. The zero-order valence-corrected chi connectivity index (χ0v) is 10.8. The smallest absolute Gasteiger partial charge is 0.0166 e. The van der Waals surface area contributed by atoms with Gasteiger partial charge in [0.05, 0.1) is 0 Å². The molecule has 0 aromatic heterocycles. The van der Waals surface area contributed by atoms with Gasteiger partial charge >= 0.3 is 0 Å². The van der Waals surface area contributed by atoms with E-state index in [-0.39, 0.29) is 5.54 Å². The normalized spacial score (nSPS) is 27.3. The molecule has 1 N–H and O–H groups in total. The first kappa shape index (κ1) is 12.7. The molecule has 1 aliphatic heterocycles. The molecule has 1 rings (SSSR count). The standard InChI is InChI=1S/C13H26N2/c1-6-9-15(12(2,3)4)11-13(5)7-8-14-10-13/h6,14H,1,7-11H2,2-5H3. The maximum absolute atomic E-state index is 3.85. The van der Waals surface area contributed by atoms with Crippen LogP contribution >= 0.6 is 0 Å². The summed E-state index contributed by atoms with van der Waals surface area (Å²) in [4.78, 5) is 2.52. The van der Waals surface area contributed by atoms with Crippen LogP contribution in [0.15, 0.2) is 12.7 Å². The van der Waals surface area contributed by atoms with Crippen LogP contribution in [0.2, 0.25) is 0 Å². The Labute approximate surface area is 94.7 Å². The van der Waals surface area contributed by atoms with E-state index < -0.39 is 0 Å². The maximum Gasteiger partial charge on any atom is 0.0166 e. The summed E-state index contributed by atoms with van der Waals surface area (Å²) in [6, 6.07) is 0. The molecule has 1 aliphatic rings. The van der Waals surface area contributed by atoms with Crippen molar-refractivity contribution in [1.29, 1.82) is 0 Å². The molecule has 0 spiro atoms. The predicted molar refractivity (Wildman–Crippen MR) is 67.1 cm³/mol. The van der Waals surface area contributed by atoms with Gasteiger partial charge in [0, 0.05) is 25.2 Å². The van der Waals surface area contributed by atoms with Crippen molar-refractivity contribution < 1.29 is 0 Å². The van der Waals surface area contributed by atoms with Gasteiger partial charge in [-0.1, -0.05) is 13.0 Å². The summed E-state index contributed by atoms with van der Waals surface area (Å²) in [6.45, 7) is 17.5. The average molecular weight is 210 g/mol. The molecular weight excluding hydrogens is 184 g/mol. The fraction of sp³-hybridized carbons (Fsp3) is 0.846. The Kier molecular flexibility index (Phi) is 3.96. The van der Waals surface area contributed by atoms with E-state index in [1.54, 1.807) is 0 Å². The molecule has 1 heterocycles. The van der Waals surface area contributed by atoms with Gasteiger partial charge in [-0.2, -0.15) is 0 Å². The van der Waals surface area contributed by atoms with Gasteiger partial charge < -0.3 is 5.32 Å². The first-order chi connectivity index (χ1) is 6.87. The summed E-state index contributed by atoms with van der Waals surface area (Å²) >= 11 is 0. The lowest BCUT2D eigenvalue weighted by Gasteiger charge is -2.40. The summed E-state index contributed by atoms with van der Waals surface area (Å²) < 4.78 is 0. The lowest BCUT2D eigenvalue weighted by atomic mass is 9.87. The first-order valence-corrected chi connectivity index (χ1v) is 5.94. The quantitative estimate of drug-likeness (QED) is 0.716. The van der Waals surface area contributed by atoms with Gasteiger partial charge in [-0.3, -0.25) is 4.90 Å². The molecule has 0 bridgehead atoms. The molecule has 0 aromatic rings. The Morgan fingerprint density at radius 3 is 2.53 bits per heavy atom. The van der Waals surface area contributed by atoms with Crippen LogP contribution in [0.4, 0.5) is 0 Å². The summed E-state index contributed by atoms with van der Waals surface area (Å²) in [5, 5.41) is 3.46. The molecule has 2 heteroatoms. The van der Waals surface area contributed by atoms with E-state index >= 15 is 0 Å². The molecule has 1 fully saturated rings. The molecule has 2 nitrogen and oxygen atoms in total. The molecule has 1 saturated heterocycles. The van der Waals surface area contributed by atoms with E-state index in [4.69, 9.17) is 0 Å². The summed E-state index contributed by atoms with van der Waals surface area (Å²) in [6.07, 6.45) is 3.30. The van der Waals surface area contributed by atoms with E-state index in [1.807, 2.05) is 6.08 Å². The lowest BCUT2D eigenvalue weighted by molar-refractivity contribution is 0.0981. The molecule has 1 unspecified atom stereocenters. The van der Waals surface area contributed by atoms with Crippen LogP contribution in [0.25, 0.3) is 0 Å². The Hall–Kier alpha value is -0.340. The zero-order chi connectivity index (χ0) is 11.5. The van der Waals surface area contributed by atoms with Crippen LogP contribution in [-0.4, -0.2) is 36.6 Å².